The van der Waals surface area contributed by atoms with Crippen LogP contribution in [0.4, 0.5) is 4.39 Å². The van der Waals surface area contributed by atoms with E-state index in [1.807, 2.05) is 0 Å². The van der Waals surface area contributed by atoms with E-state index in [0.717, 1.165) is 19.3 Å². The van der Waals surface area contributed by atoms with Gasteiger partial charge in [0.1, 0.15) is 5.82 Å². The summed E-state index contributed by atoms with van der Waals surface area (Å²) in [6.45, 7) is 0.478. The normalized spacial score (nSPS) is 23.0. The van der Waals surface area contributed by atoms with Crippen LogP contribution in [0.1, 0.15) is 24.8 Å². The molecule has 1 fully saturated rings. The van der Waals surface area contributed by atoms with Crippen molar-refractivity contribution >= 4 is 5.91 Å². The fourth-order valence-electron chi connectivity index (χ4n) is 2.42. The molecule has 1 saturated carbocycles. The number of amides is 1. The van der Waals surface area contributed by atoms with Crippen molar-refractivity contribution in [1.82, 2.24) is 5.32 Å². The van der Waals surface area contributed by atoms with E-state index in [9.17, 15) is 9.18 Å². The Bertz CT molecular complexity index is 422. The number of hydrogen-bond acceptors (Lipinski definition) is 2. The highest BCUT2D eigenvalue weighted by atomic mass is 19.1. The van der Waals surface area contributed by atoms with Crippen molar-refractivity contribution in [3.05, 3.63) is 35.6 Å². The zero-order valence-corrected chi connectivity index (χ0v) is 10.4. The van der Waals surface area contributed by atoms with Gasteiger partial charge in [-0.2, -0.15) is 0 Å². The van der Waals surface area contributed by atoms with Gasteiger partial charge in [0.15, 0.2) is 0 Å². The van der Waals surface area contributed by atoms with Crippen molar-refractivity contribution in [3.8, 4) is 0 Å². The van der Waals surface area contributed by atoms with E-state index < -0.39 is 0 Å². The number of nitrogens with one attached hydrogen (secondary N) is 1. The monoisotopic (exact) mass is 250 g/mol. The Labute approximate surface area is 107 Å². The second kappa shape index (κ2) is 5.96. The molecular formula is C14H19FN2O. The van der Waals surface area contributed by atoms with Crippen molar-refractivity contribution in [3.63, 3.8) is 0 Å². The van der Waals surface area contributed by atoms with Crippen LogP contribution in [0.3, 0.4) is 0 Å². The van der Waals surface area contributed by atoms with Crippen LogP contribution in [0.25, 0.3) is 0 Å². The Morgan fingerprint density at radius 2 is 2.17 bits per heavy atom. The third-order valence-electron chi connectivity index (χ3n) is 3.50. The second-order valence-electron chi connectivity index (χ2n) is 4.90. The molecule has 2 unspecified atom stereocenters. The lowest BCUT2D eigenvalue weighted by atomic mass is 10.1. The van der Waals surface area contributed by atoms with Gasteiger partial charge in [0.05, 0.1) is 0 Å². The minimum atomic E-state index is -0.213. The Morgan fingerprint density at radius 3 is 2.83 bits per heavy atom. The third-order valence-corrected chi connectivity index (χ3v) is 3.50. The molecule has 2 atom stereocenters. The lowest BCUT2D eigenvalue weighted by Crippen LogP contribution is -2.32. The average Bonchev–Trinajstić information content (AvgIpc) is 2.78. The van der Waals surface area contributed by atoms with Crippen molar-refractivity contribution < 1.29 is 9.18 Å². The summed E-state index contributed by atoms with van der Waals surface area (Å²) in [7, 11) is 0. The van der Waals surface area contributed by atoms with E-state index in [4.69, 9.17) is 5.73 Å². The summed E-state index contributed by atoms with van der Waals surface area (Å²) in [4.78, 5) is 11.8. The molecule has 1 amide bonds. The molecule has 3 nitrogen and oxygen atoms in total. The van der Waals surface area contributed by atoms with Crippen LogP contribution in [0, 0.1) is 11.7 Å². The molecule has 0 aliphatic heterocycles. The van der Waals surface area contributed by atoms with Crippen LogP contribution >= 0.6 is 0 Å². The molecule has 4 heteroatoms. The molecule has 1 aliphatic rings. The van der Waals surface area contributed by atoms with Crippen LogP contribution in [0.5, 0.6) is 0 Å². The first kappa shape index (κ1) is 13.0. The molecule has 0 spiro atoms. The second-order valence-corrected chi connectivity index (χ2v) is 4.90. The Morgan fingerprint density at radius 1 is 1.39 bits per heavy atom. The molecule has 1 aromatic carbocycles. The van der Waals surface area contributed by atoms with Crippen LogP contribution < -0.4 is 11.1 Å². The molecule has 1 aliphatic carbocycles. The Kier molecular flexibility index (Phi) is 4.31. The third kappa shape index (κ3) is 3.29. The van der Waals surface area contributed by atoms with Gasteiger partial charge in [0, 0.05) is 18.5 Å². The molecule has 0 heterocycles. The van der Waals surface area contributed by atoms with Gasteiger partial charge in [-0.05, 0) is 37.3 Å². The average molecular weight is 250 g/mol. The Balaban J connectivity index is 1.75. The standard InChI is InChI=1S/C14H19FN2O/c15-13-4-2-1-3-10(13)7-8-17-14(18)11-5-6-12(16)9-11/h1-4,11-12H,5-9,16H2,(H,17,18). The number of halogens is 1. The summed E-state index contributed by atoms with van der Waals surface area (Å²) in [5, 5.41) is 2.86. The molecule has 2 rings (SSSR count). The van der Waals surface area contributed by atoms with E-state index in [2.05, 4.69) is 5.32 Å². The largest absolute Gasteiger partial charge is 0.356 e. The topological polar surface area (TPSA) is 55.1 Å². The van der Waals surface area contributed by atoms with E-state index in [0.29, 0.717) is 18.5 Å². The maximum absolute atomic E-state index is 13.3. The lowest BCUT2D eigenvalue weighted by molar-refractivity contribution is -0.124. The van der Waals surface area contributed by atoms with Gasteiger partial charge in [-0.15, -0.1) is 0 Å². The van der Waals surface area contributed by atoms with Crippen molar-refractivity contribution in [2.45, 2.75) is 31.7 Å². The minimum Gasteiger partial charge on any atom is -0.356 e. The smallest absolute Gasteiger partial charge is 0.223 e. The first-order chi connectivity index (χ1) is 8.66. The summed E-state index contributed by atoms with van der Waals surface area (Å²) in [6, 6.07) is 6.81. The first-order valence-corrected chi connectivity index (χ1v) is 6.43. The molecule has 0 bridgehead atoms. The molecule has 1 aromatic rings. The zero-order chi connectivity index (χ0) is 13.0. The summed E-state index contributed by atoms with van der Waals surface area (Å²) < 4.78 is 13.3. The predicted molar refractivity (Wildman–Crippen MR) is 68.4 cm³/mol. The van der Waals surface area contributed by atoms with E-state index >= 15 is 0 Å². The van der Waals surface area contributed by atoms with Crippen LogP contribution in [-0.4, -0.2) is 18.5 Å². The number of nitrogens with two attached hydrogens (primary N) is 1. The molecule has 0 radical (unpaired) electrons. The van der Waals surface area contributed by atoms with Crippen LogP contribution in [0.15, 0.2) is 24.3 Å². The maximum atomic E-state index is 13.3. The number of carbonyl (C=O) groups excluding carboxylic acids is 1. The first-order valence-electron chi connectivity index (χ1n) is 6.43. The number of carbonyl (C=O) groups is 1. The highest BCUT2D eigenvalue weighted by Gasteiger charge is 2.27. The number of benzene rings is 1. The summed E-state index contributed by atoms with van der Waals surface area (Å²) in [5.74, 6) is -0.116. The fourth-order valence-corrected chi connectivity index (χ4v) is 2.42. The van der Waals surface area contributed by atoms with Crippen LogP contribution in [-0.2, 0) is 11.2 Å². The summed E-state index contributed by atoms with van der Waals surface area (Å²) >= 11 is 0. The Hall–Kier alpha value is -1.42. The maximum Gasteiger partial charge on any atom is 0.223 e. The molecule has 0 saturated heterocycles. The van der Waals surface area contributed by atoms with E-state index in [-0.39, 0.29) is 23.7 Å². The van der Waals surface area contributed by atoms with Gasteiger partial charge in [-0.3, -0.25) is 4.79 Å². The summed E-state index contributed by atoms with van der Waals surface area (Å²) in [6.07, 6.45) is 3.08. The molecule has 0 aromatic heterocycles. The molecule has 98 valence electrons. The lowest BCUT2D eigenvalue weighted by Gasteiger charge is -2.10. The van der Waals surface area contributed by atoms with Gasteiger partial charge < -0.3 is 11.1 Å². The summed E-state index contributed by atoms with van der Waals surface area (Å²) in [5.41, 5.74) is 6.41. The molecule has 3 N–H and O–H groups in total. The van der Waals surface area contributed by atoms with Gasteiger partial charge in [0.25, 0.3) is 0 Å². The fraction of sp³-hybridized carbons (Fsp3) is 0.500. The van der Waals surface area contributed by atoms with Gasteiger partial charge >= 0.3 is 0 Å². The van der Waals surface area contributed by atoms with Gasteiger partial charge in [-0.1, -0.05) is 18.2 Å². The van der Waals surface area contributed by atoms with E-state index in [1.54, 1.807) is 18.2 Å². The zero-order valence-electron chi connectivity index (χ0n) is 10.4. The van der Waals surface area contributed by atoms with Crippen LogP contribution in [0.2, 0.25) is 0 Å². The molecule has 18 heavy (non-hydrogen) atoms. The SMILES string of the molecule is NC1CCC(C(=O)NCCc2ccccc2F)C1. The minimum absolute atomic E-state index is 0.0422. The van der Waals surface area contributed by atoms with Gasteiger partial charge in [0.2, 0.25) is 5.91 Å². The van der Waals surface area contributed by atoms with Gasteiger partial charge in [-0.25, -0.2) is 4.39 Å². The van der Waals surface area contributed by atoms with Crippen molar-refractivity contribution in [2.24, 2.45) is 11.7 Å². The quantitative estimate of drug-likeness (QED) is 0.853. The highest BCUT2D eigenvalue weighted by molar-refractivity contribution is 5.79. The molecular weight excluding hydrogens is 231 g/mol. The van der Waals surface area contributed by atoms with E-state index in [1.165, 1.54) is 6.07 Å². The highest BCUT2D eigenvalue weighted by Crippen LogP contribution is 2.23. The predicted octanol–water partition coefficient (Wildman–Crippen LogP) is 1.61. The number of rotatable bonds is 4. The van der Waals surface area contributed by atoms with Crippen molar-refractivity contribution in [1.29, 1.82) is 0 Å². The number of hydrogen-bond donors (Lipinski definition) is 2. The van der Waals surface area contributed by atoms with Crippen molar-refractivity contribution in [2.75, 3.05) is 6.54 Å².